The van der Waals surface area contributed by atoms with Gasteiger partial charge in [-0.05, 0) is 67.6 Å². The molecular weight excluding hydrogens is 242 g/mol. The molecule has 4 saturated carbocycles. The third-order valence-corrected chi connectivity index (χ3v) is 6.50. The van der Waals surface area contributed by atoms with Gasteiger partial charge in [0.15, 0.2) is 0 Å². The van der Waals surface area contributed by atoms with Gasteiger partial charge >= 0.3 is 0 Å². The number of rotatable bonds is 7. The quantitative estimate of drug-likeness (QED) is 0.645. The number of hydrogen-bond donors (Lipinski definition) is 1. The van der Waals surface area contributed by atoms with E-state index < -0.39 is 0 Å². The highest BCUT2D eigenvalue weighted by atomic mass is 15.0. The van der Waals surface area contributed by atoms with Crippen LogP contribution in [0.25, 0.3) is 0 Å². The topological polar surface area (TPSA) is 12.0 Å². The third-order valence-electron chi connectivity index (χ3n) is 6.50. The number of unbranched alkanes of at least 4 members (excludes halogenated alkanes) is 2. The number of nitrogens with one attached hydrogen (secondary N) is 1. The van der Waals surface area contributed by atoms with E-state index >= 15 is 0 Å². The van der Waals surface area contributed by atoms with E-state index in [0.29, 0.717) is 5.41 Å². The predicted octanol–water partition coefficient (Wildman–Crippen LogP) is 5.01. The second-order valence-corrected chi connectivity index (χ2v) is 8.96. The molecule has 4 fully saturated rings. The van der Waals surface area contributed by atoms with Gasteiger partial charge < -0.3 is 5.32 Å². The SMILES string of the molecule is CCCCCC(C)(C)CNC1C2CC3CC(C2)CC1C3. The van der Waals surface area contributed by atoms with E-state index in [1.807, 2.05) is 0 Å². The minimum absolute atomic E-state index is 0.490. The first kappa shape index (κ1) is 14.9. The van der Waals surface area contributed by atoms with Crippen molar-refractivity contribution in [3.05, 3.63) is 0 Å². The van der Waals surface area contributed by atoms with E-state index in [1.165, 1.54) is 32.2 Å². The van der Waals surface area contributed by atoms with Crippen molar-refractivity contribution in [2.75, 3.05) is 6.54 Å². The predicted molar refractivity (Wildman–Crippen MR) is 86.8 cm³/mol. The molecule has 0 saturated heterocycles. The first-order valence-electron chi connectivity index (χ1n) is 9.31. The van der Waals surface area contributed by atoms with Crippen molar-refractivity contribution >= 4 is 0 Å². The maximum atomic E-state index is 4.03. The van der Waals surface area contributed by atoms with Gasteiger partial charge in [-0.3, -0.25) is 0 Å². The van der Waals surface area contributed by atoms with Gasteiger partial charge in [0.2, 0.25) is 0 Å². The van der Waals surface area contributed by atoms with Gasteiger partial charge in [-0.1, -0.05) is 40.0 Å². The van der Waals surface area contributed by atoms with E-state index in [4.69, 9.17) is 0 Å². The van der Waals surface area contributed by atoms with Crippen LogP contribution in [0.4, 0.5) is 0 Å². The van der Waals surface area contributed by atoms with E-state index in [-0.39, 0.29) is 0 Å². The molecule has 0 amide bonds. The zero-order valence-corrected chi connectivity index (χ0v) is 14.0. The Morgan fingerprint density at radius 3 is 2.05 bits per heavy atom. The highest BCUT2D eigenvalue weighted by Crippen LogP contribution is 2.53. The summed E-state index contributed by atoms with van der Waals surface area (Å²) in [6.07, 6.45) is 13.3. The lowest BCUT2D eigenvalue weighted by Crippen LogP contribution is -2.55. The van der Waals surface area contributed by atoms with Crippen LogP contribution >= 0.6 is 0 Å². The second-order valence-electron chi connectivity index (χ2n) is 8.96. The maximum absolute atomic E-state index is 4.03. The molecule has 4 aliphatic carbocycles. The average molecular weight is 277 g/mol. The first-order chi connectivity index (χ1) is 9.57. The van der Waals surface area contributed by atoms with Gasteiger partial charge in [0.05, 0.1) is 0 Å². The van der Waals surface area contributed by atoms with Crippen molar-refractivity contribution in [1.82, 2.24) is 5.32 Å². The Balaban J connectivity index is 1.48. The molecule has 4 aliphatic rings. The summed E-state index contributed by atoms with van der Waals surface area (Å²) in [5.41, 5.74) is 0.490. The van der Waals surface area contributed by atoms with Crippen LogP contribution in [0.2, 0.25) is 0 Å². The Bertz CT molecular complexity index is 292. The molecule has 0 heterocycles. The van der Waals surface area contributed by atoms with E-state index in [2.05, 4.69) is 26.1 Å². The molecule has 20 heavy (non-hydrogen) atoms. The summed E-state index contributed by atoms with van der Waals surface area (Å²) in [5, 5.41) is 4.03. The maximum Gasteiger partial charge on any atom is 0.0124 e. The average Bonchev–Trinajstić information content (AvgIpc) is 2.37. The monoisotopic (exact) mass is 277 g/mol. The Labute approximate surface area is 126 Å². The molecule has 0 unspecified atom stereocenters. The first-order valence-corrected chi connectivity index (χ1v) is 9.31. The van der Waals surface area contributed by atoms with Crippen molar-refractivity contribution < 1.29 is 0 Å². The standard InChI is InChI=1S/C19H35N/c1-4-5-6-7-19(2,3)13-20-18-16-9-14-8-15(11-16)12-17(18)10-14/h14-18,20H,4-13H2,1-3H3. The molecule has 0 radical (unpaired) electrons. The highest BCUT2D eigenvalue weighted by molar-refractivity contribution is 5.01. The van der Waals surface area contributed by atoms with Gasteiger partial charge in [0.1, 0.15) is 0 Å². The zero-order valence-electron chi connectivity index (χ0n) is 14.0. The summed E-state index contributed by atoms with van der Waals surface area (Å²) >= 11 is 0. The molecule has 0 aromatic heterocycles. The highest BCUT2D eigenvalue weighted by Gasteiger charge is 2.48. The molecule has 0 spiro atoms. The minimum Gasteiger partial charge on any atom is -0.313 e. The van der Waals surface area contributed by atoms with Gasteiger partial charge in [-0.15, -0.1) is 0 Å². The van der Waals surface area contributed by atoms with Crippen molar-refractivity contribution in [3.63, 3.8) is 0 Å². The van der Waals surface area contributed by atoms with Crippen LogP contribution in [0, 0.1) is 29.1 Å². The van der Waals surface area contributed by atoms with Crippen LogP contribution in [0.15, 0.2) is 0 Å². The summed E-state index contributed by atoms with van der Waals surface area (Å²) in [4.78, 5) is 0. The van der Waals surface area contributed by atoms with Crippen molar-refractivity contribution in [3.8, 4) is 0 Å². The number of hydrogen-bond acceptors (Lipinski definition) is 1. The molecule has 1 heteroatoms. The summed E-state index contributed by atoms with van der Waals surface area (Å²) in [6.45, 7) is 8.47. The van der Waals surface area contributed by atoms with Gasteiger partial charge in [0, 0.05) is 12.6 Å². The Morgan fingerprint density at radius 1 is 0.900 bits per heavy atom. The van der Waals surface area contributed by atoms with Gasteiger partial charge in [0.25, 0.3) is 0 Å². The lowest BCUT2D eigenvalue weighted by Gasteiger charge is -2.55. The molecule has 0 aliphatic heterocycles. The molecule has 0 aromatic carbocycles. The van der Waals surface area contributed by atoms with Crippen LogP contribution in [-0.2, 0) is 0 Å². The summed E-state index contributed by atoms with van der Waals surface area (Å²) in [7, 11) is 0. The smallest absolute Gasteiger partial charge is 0.0124 e. The second kappa shape index (κ2) is 5.99. The summed E-state index contributed by atoms with van der Waals surface area (Å²) in [6, 6.07) is 0.869. The van der Waals surface area contributed by atoms with Crippen LogP contribution in [0.3, 0.4) is 0 Å². The fraction of sp³-hybridized carbons (Fsp3) is 1.00. The largest absolute Gasteiger partial charge is 0.313 e. The Kier molecular flexibility index (Phi) is 4.45. The van der Waals surface area contributed by atoms with Crippen LogP contribution in [-0.4, -0.2) is 12.6 Å². The van der Waals surface area contributed by atoms with Crippen LogP contribution in [0.5, 0.6) is 0 Å². The lowest BCUT2D eigenvalue weighted by atomic mass is 9.54. The van der Waals surface area contributed by atoms with Crippen molar-refractivity contribution in [1.29, 1.82) is 0 Å². The Hall–Kier alpha value is -0.0400. The van der Waals surface area contributed by atoms with Crippen molar-refractivity contribution in [2.24, 2.45) is 29.1 Å². The van der Waals surface area contributed by atoms with E-state index in [0.717, 1.165) is 29.7 Å². The summed E-state index contributed by atoms with van der Waals surface area (Å²) < 4.78 is 0. The van der Waals surface area contributed by atoms with E-state index in [9.17, 15) is 0 Å². The molecule has 1 nitrogen and oxygen atoms in total. The van der Waals surface area contributed by atoms with Crippen molar-refractivity contribution in [2.45, 2.75) is 84.6 Å². The van der Waals surface area contributed by atoms with Crippen LogP contribution < -0.4 is 5.32 Å². The molecule has 4 bridgehead atoms. The molecule has 0 aromatic rings. The zero-order chi connectivity index (χ0) is 14.2. The molecule has 1 N–H and O–H groups in total. The molecule has 4 rings (SSSR count). The van der Waals surface area contributed by atoms with E-state index in [1.54, 1.807) is 32.1 Å². The van der Waals surface area contributed by atoms with Gasteiger partial charge in [-0.2, -0.15) is 0 Å². The fourth-order valence-corrected chi connectivity index (χ4v) is 5.59. The molecule has 116 valence electrons. The van der Waals surface area contributed by atoms with Gasteiger partial charge in [-0.25, -0.2) is 0 Å². The Morgan fingerprint density at radius 2 is 1.50 bits per heavy atom. The lowest BCUT2D eigenvalue weighted by molar-refractivity contribution is -0.0167. The van der Waals surface area contributed by atoms with Crippen LogP contribution in [0.1, 0.15) is 78.6 Å². The minimum atomic E-state index is 0.490. The fourth-order valence-electron chi connectivity index (χ4n) is 5.59. The summed E-state index contributed by atoms with van der Waals surface area (Å²) in [5.74, 6) is 4.26. The third kappa shape index (κ3) is 3.24. The normalized spacial score (nSPS) is 39.5. The molecule has 0 atom stereocenters. The molecular formula is C19H35N.